The third-order valence-electron chi connectivity index (χ3n) is 6.62. The summed E-state index contributed by atoms with van der Waals surface area (Å²) >= 11 is 1.39. The minimum Gasteiger partial charge on any atom is -0.475 e. The molecule has 14 heteroatoms. The predicted molar refractivity (Wildman–Crippen MR) is 140 cm³/mol. The molecule has 0 aromatic carbocycles. The SMILES string of the molecule is N#Cc1sc2cnccc2c1-c1cc2c(-c3cnn(C4CCC(O)CC4)c3)cnc(N)c2o1.O=C(O)C(F)(F)F. The molecule has 5 heterocycles. The number of carboxylic acids is 1. The van der Waals surface area contributed by atoms with Crippen LogP contribution in [0.4, 0.5) is 19.0 Å². The number of alkyl halides is 3. The quantitative estimate of drug-likeness (QED) is 0.253. The zero-order chi connectivity index (χ0) is 28.6. The van der Waals surface area contributed by atoms with Gasteiger partial charge in [0.1, 0.15) is 16.7 Å². The number of rotatable bonds is 3. The number of nitrogen functional groups attached to an aromatic ring is 1. The number of aliphatic carboxylic acids is 1. The van der Waals surface area contributed by atoms with Crippen LogP contribution in [0.2, 0.25) is 0 Å². The first-order chi connectivity index (χ1) is 19.1. The third-order valence-corrected chi connectivity index (χ3v) is 7.67. The topological polar surface area (TPSA) is 164 Å². The number of nitriles is 1. The van der Waals surface area contributed by atoms with Gasteiger partial charge in [0.2, 0.25) is 0 Å². The molecule has 0 saturated heterocycles. The lowest BCUT2D eigenvalue weighted by molar-refractivity contribution is -0.192. The van der Waals surface area contributed by atoms with E-state index in [0.29, 0.717) is 22.0 Å². The zero-order valence-electron chi connectivity index (χ0n) is 20.6. The molecule has 0 unspecified atom stereocenters. The number of carboxylic acid groups (broad SMARTS) is 1. The fourth-order valence-electron chi connectivity index (χ4n) is 4.67. The van der Waals surface area contributed by atoms with Gasteiger partial charge in [-0.15, -0.1) is 11.3 Å². The maximum Gasteiger partial charge on any atom is 0.490 e. The molecule has 0 aliphatic heterocycles. The molecular formula is C26H21F3N6O4S. The van der Waals surface area contributed by atoms with Crippen molar-refractivity contribution < 1.29 is 32.6 Å². The first-order valence-corrected chi connectivity index (χ1v) is 12.9. The Morgan fingerprint density at radius 2 is 1.93 bits per heavy atom. The normalized spacial score (nSPS) is 17.4. The summed E-state index contributed by atoms with van der Waals surface area (Å²) in [6.07, 6.45) is 7.18. The van der Waals surface area contributed by atoms with Crippen LogP contribution in [0.5, 0.6) is 0 Å². The first kappa shape index (κ1) is 27.1. The van der Waals surface area contributed by atoms with Crippen molar-refractivity contribution in [3.8, 4) is 28.5 Å². The van der Waals surface area contributed by atoms with E-state index in [0.717, 1.165) is 57.8 Å². The smallest absolute Gasteiger partial charge is 0.475 e. The van der Waals surface area contributed by atoms with Crippen LogP contribution in [0.1, 0.15) is 36.6 Å². The number of fused-ring (bicyclic) bond motifs is 2. The molecule has 10 nitrogen and oxygen atoms in total. The summed E-state index contributed by atoms with van der Waals surface area (Å²) in [6, 6.07) is 6.39. The molecule has 1 aliphatic rings. The Kier molecular flexibility index (Phi) is 7.17. The first-order valence-electron chi connectivity index (χ1n) is 12.0. The van der Waals surface area contributed by atoms with Gasteiger partial charge < -0.3 is 20.4 Å². The van der Waals surface area contributed by atoms with Crippen LogP contribution in [0.25, 0.3) is 43.5 Å². The van der Waals surface area contributed by atoms with Crippen LogP contribution in [0.15, 0.2) is 47.5 Å². The number of aliphatic hydroxyl groups is 1. The predicted octanol–water partition coefficient (Wildman–Crippen LogP) is 5.53. The van der Waals surface area contributed by atoms with Gasteiger partial charge in [-0.3, -0.25) is 9.67 Å². The number of carbonyl (C=O) groups is 1. The lowest BCUT2D eigenvalue weighted by Crippen LogP contribution is -2.21. The number of furan rings is 1. The highest BCUT2D eigenvalue weighted by atomic mass is 32.1. The highest BCUT2D eigenvalue weighted by molar-refractivity contribution is 7.20. The third kappa shape index (κ3) is 5.21. The molecule has 206 valence electrons. The Morgan fingerprint density at radius 1 is 1.20 bits per heavy atom. The lowest BCUT2D eigenvalue weighted by atomic mass is 9.93. The van der Waals surface area contributed by atoms with Gasteiger partial charge in [-0.1, -0.05) is 0 Å². The number of nitrogens with zero attached hydrogens (tertiary/aromatic N) is 5. The van der Waals surface area contributed by atoms with E-state index in [-0.39, 0.29) is 12.1 Å². The van der Waals surface area contributed by atoms with Crippen molar-refractivity contribution >= 4 is 44.2 Å². The summed E-state index contributed by atoms with van der Waals surface area (Å²) in [6.45, 7) is 0. The molecule has 0 radical (unpaired) electrons. The standard InChI is InChI=1S/C24H20N6O2S.C2HF3O2/c25-8-20-22(16-5-6-27-11-21(16)33-20)19-7-17-18(10-28-24(26)23(17)32-19)13-9-29-30(12-13)14-1-3-15(31)4-2-14;3-2(4,5)1(6)7/h5-7,9-12,14-15,31H,1-4H2,(H2,26,28);(H,6,7). The van der Waals surface area contributed by atoms with Gasteiger partial charge in [-0.25, -0.2) is 9.78 Å². The molecule has 6 rings (SSSR count). The molecule has 1 aliphatic carbocycles. The number of hydrogen-bond donors (Lipinski definition) is 3. The summed E-state index contributed by atoms with van der Waals surface area (Å²) in [5, 5.41) is 33.0. The van der Waals surface area contributed by atoms with Gasteiger partial charge in [-0.05, 0) is 37.8 Å². The number of thiophene rings is 1. The largest absolute Gasteiger partial charge is 0.490 e. The molecule has 1 fully saturated rings. The summed E-state index contributed by atoms with van der Waals surface area (Å²) in [5.74, 6) is -1.88. The monoisotopic (exact) mass is 570 g/mol. The van der Waals surface area contributed by atoms with E-state index in [2.05, 4.69) is 21.1 Å². The van der Waals surface area contributed by atoms with Crippen LogP contribution in [-0.2, 0) is 4.79 Å². The molecule has 5 aromatic heterocycles. The van der Waals surface area contributed by atoms with E-state index in [9.17, 15) is 23.5 Å². The van der Waals surface area contributed by atoms with E-state index in [4.69, 9.17) is 20.1 Å². The maximum absolute atomic E-state index is 10.6. The fourth-order valence-corrected chi connectivity index (χ4v) is 5.64. The number of halogens is 3. The highest BCUT2D eigenvalue weighted by Crippen LogP contribution is 2.43. The molecule has 0 bridgehead atoms. The minimum absolute atomic E-state index is 0.205. The lowest BCUT2D eigenvalue weighted by Gasteiger charge is -2.25. The average molecular weight is 571 g/mol. The van der Waals surface area contributed by atoms with E-state index < -0.39 is 12.1 Å². The number of nitrogens with two attached hydrogens (primary N) is 1. The second-order valence-corrected chi connectivity index (χ2v) is 10.2. The van der Waals surface area contributed by atoms with Crippen molar-refractivity contribution in [1.82, 2.24) is 19.7 Å². The number of aromatic nitrogens is 4. The Labute approximate surface area is 228 Å². The van der Waals surface area contributed by atoms with E-state index in [1.165, 1.54) is 11.3 Å². The molecule has 0 amide bonds. The Bertz CT molecular complexity index is 1740. The molecule has 0 atom stereocenters. The van der Waals surface area contributed by atoms with Crippen LogP contribution < -0.4 is 5.73 Å². The molecule has 0 spiro atoms. The minimum atomic E-state index is -5.08. The van der Waals surface area contributed by atoms with Gasteiger partial charge in [0.15, 0.2) is 11.4 Å². The summed E-state index contributed by atoms with van der Waals surface area (Å²) < 4.78 is 40.8. The van der Waals surface area contributed by atoms with Crippen molar-refractivity contribution in [1.29, 1.82) is 5.26 Å². The Hall–Kier alpha value is -4.48. The summed E-state index contributed by atoms with van der Waals surface area (Å²) in [4.78, 5) is 18.0. The number of anilines is 1. The van der Waals surface area contributed by atoms with Crippen molar-refractivity contribution in [3.05, 3.63) is 48.0 Å². The summed E-state index contributed by atoms with van der Waals surface area (Å²) in [5.41, 5.74) is 9.20. The highest BCUT2D eigenvalue weighted by Gasteiger charge is 2.38. The van der Waals surface area contributed by atoms with Crippen LogP contribution in [0.3, 0.4) is 0 Å². The zero-order valence-corrected chi connectivity index (χ0v) is 21.4. The van der Waals surface area contributed by atoms with Gasteiger partial charge in [0.25, 0.3) is 0 Å². The molecule has 5 aromatic rings. The van der Waals surface area contributed by atoms with Crippen molar-refractivity contribution in [3.63, 3.8) is 0 Å². The van der Waals surface area contributed by atoms with Gasteiger partial charge in [0, 0.05) is 46.7 Å². The molecule has 40 heavy (non-hydrogen) atoms. The van der Waals surface area contributed by atoms with Crippen molar-refractivity contribution in [2.24, 2.45) is 0 Å². The molecule has 1 saturated carbocycles. The summed E-state index contributed by atoms with van der Waals surface area (Å²) in [7, 11) is 0. The Balaban J connectivity index is 0.000000411. The molecular weight excluding hydrogens is 549 g/mol. The molecule has 4 N–H and O–H groups in total. The second-order valence-electron chi connectivity index (χ2n) is 9.17. The number of hydrogen-bond acceptors (Lipinski definition) is 9. The van der Waals surface area contributed by atoms with Crippen molar-refractivity contribution in [2.45, 2.75) is 44.0 Å². The van der Waals surface area contributed by atoms with Crippen LogP contribution in [0, 0.1) is 11.3 Å². The van der Waals surface area contributed by atoms with Crippen molar-refractivity contribution in [2.75, 3.05) is 5.73 Å². The van der Waals surface area contributed by atoms with E-state index in [1.807, 2.05) is 29.2 Å². The number of aliphatic hydroxyl groups excluding tert-OH is 1. The van der Waals surface area contributed by atoms with E-state index >= 15 is 0 Å². The average Bonchev–Trinajstić information content (AvgIpc) is 3.66. The van der Waals surface area contributed by atoms with Crippen LogP contribution in [-0.4, -0.2) is 48.2 Å². The Morgan fingerprint density at radius 3 is 2.60 bits per heavy atom. The van der Waals surface area contributed by atoms with Gasteiger partial charge in [-0.2, -0.15) is 23.5 Å². The van der Waals surface area contributed by atoms with Gasteiger partial charge >= 0.3 is 12.1 Å². The number of pyridine rings is 2. The second kappa shape index (κ2) is 10.6. The van der Waals surface area contributed by atoms with E-state index in [1.54, 1.807) is 18.6 Å². The fraction of sp³-hybridized carbons (Fsp3) is 0.269. The van der Waals surface area contributed by atoms with Gasteiger partial charge in [0.05, 0.1) is 28.6 Å². The maximum atomic E-state index is 10.6. The van der Waals surface area contributed by atoms with Crippen LogP contribution >= 0.6 is 11.3 Å².